The maximum Gasteiger partial charge on any atom is 0.309 e. The molecule has 98 valence electrons. The summed E-state index contributed by atoms with van der Waals surface area (Å²) in [6.07, 6.45) is 3.40. The number of sulfonamides is 1. The second-order valence-corrected chi connectivity index (χ2v) is 5.09. The van der Waals surface area contributed by atoms with E-state index in [1.54, 1.807) is 31.2 Å². The zero-order chi connectivity index (χ0) is 13.6. The first-order chi connectivity index (χ1) is 8.43. The van der Waals surface area contributed by atoms with Crippen LogP contribution in [0.3, 0.4) is 0 Å². The predicted molar refractivity (Wildman–Crippen MR) is 68.1 cm³/mol. The summed E-state index contributed by atoms with van der Waals surface area (Å²) in [6.45, 7) is 2.07. The van der Waals surface area contributed by atoms with Crippen LogP contribution in [0.15, 0.2) is 35.2 Å². The number of rotatable bonds is 5. The number of hydrogen-bond donors (Lipinski definition) is 1. The third-order valence-corrected chi connectivity index (χ3v) is 3.00. The number of ether oxygens (including phenoxy) is 1. The molecule has 0 radical (unpaired) electrons. The Morgan fingerprint density at radius 1 is 1.44 bits per heavy atom. The van der Waals surface area contributed by atoms with Crippen LogP contribution < -0.4 is 5.14 Å². The lowest BCUT2D eigenvalue weighted by Crippen LogP contribution is -2.11. The number of esters is 1. The molecule has 1 aromatic rings. The summed E-state index contributed by atoms with van der Waals surface area (Å²) in [7, 11) is -3.70. The summed E-state index contributed by atoms with van der Waals surface area (Å²) in [5, 5.41) is 5.02. The molecule has 0 fully saturated rings. The highest BCUT2D eigenvalue weighted by molar-refractivity contribution is 7.89. The van der Waals surface area contributed by atoms with Gasteiger partial charge in [0.2, 0.25) is 10.0 Å². The van der Waals surface area contributed by atoms with E-state index < -0.39 is 10.0 Å². The molecule has 0 aliphatic rings. The molecule has 0 aliphatic carbocycles. The normalized spacial score (nSPS) is 11.7. The zero-order valence-corrected chi connectivity index (χ0v) is 10.8. The van der Waals surface area contributed by atoms with E-state index in [2.05, 4.69) is 0 Å². The van der Waals surface area contributed by atoms with Gasteiger partial charge in [-0.2, -0.15) is 0 Å². The Balaban J connectivity index is 2.74. The molecule has 0 bridgehead atoms. The SMILES string of the molecule is CCOC(=O)CC=Cc1cccc(S(N)(=O)=O)c1. The van der Waals surface area contributed by atoms with Crippen LogP contribution in [0.1, 0.15) is 18.9 Å². The van der Waals surface area contributed by atoms with E-state index in [0.29, 0.717) is 12.2 Å². The third-order valence-electron chi connectivity index (χ3n) is 2.09. The topological polar surface area (TPSA) is 86.5 Å². The Bertz CT molecular complexity index is 549. The summed E-state index contributed by atoms with van der Waals surface area (Å²) < 4.78 is 27.0. The average Bonchev–Trinajstić information content (AvgIpc) is 2.29. The van der Waals surface area contributed by atoms with Crippen molar-refractivity contribution in [2.24, 2.45) is 5.14 Å². The molecule has 0 aromatic heterocycles. The van der Waals surface area contributed by atoms with Gasteiger partial charge in [-0.1, -0.05) is 24.3 Å². The minimum atomic E-state index is -3.70. The lowest BCUT2D eigenvalue weighted by atomic mass is 10.2. The van der Waals surface area contributed by atoms with Crippen LogP contribution in [-0.4, -0.2) is 21.0 Å². The van der Waals surface area contributed by atoms with Crippen LogP contribution in [-0.2, 0) is 19.6 Å². The van der Waals surface area contributed by atoms with E-state index >= 15 is 0 Å². The monoisotopic (exact) mass is 269 g/mol. The molecule has 18 heavy (non-hydrogen) atoms. The zero-order valence-electron chi connectivity index (χ0n) is 10.00. The molecule has 0 spiro atoms. The Hall–Kier alpha value is -1.66. The highest BCUT2D eigenvalue weighted by Crippen LogP contribution is 2.11. The molecule has 0 aliphatic heterocycles. The number of nitrogens with two attached hydrogens (primary N) is 1. The Kier molecular flexibility index (Phi) is 5.06. The fourth-order valence-corrected chi connectivity index (χ4v) is 1.87. The van der Waals surface area contributed by atoms with Crippen molar-refractivity contribution in [1.29, 1.82) is 0 Å². The van der Waals surface area contributed by atoms with E-state index in [-0.39, 0.29) is 17.3 Å². The highest BCUT2D eigenvalue weighted by atomic mass is 32.2. The first kappa shape index (κ1) is 14.4. The van der Waals surface area contributed by atoms with Crippen molar-refractivity contribution in [2.75, 3.05) is 6.61 Å². The minimum Gasteiger partial charge on any atom is -0.466 e. The van der Waals surface area contributed by atoms with Crippen LogP contribution in [0, 0.1) is 0 Å². The van der Waals surface area contributed by atoms with Gasteiger partial charge in [0.15, 0.2) is 0 Å². The van der Waals surface area contributed by atoms with Crippen LogP contribution in [0.25, 0.3) is 6.08 Å². The van der Waals surface area contributed by atoms with Gasteiger partial charge in [0.25, 0.3) is 0 Å². The maximum absolute atomic E-state index is 11.1. The Morgan fingerprint density at radius 3 is 2.78 bits per heavy atom. The lowest BCUT2D eigenvalue weighted by molar-refractivity contribution is -0.142. The van der Waals surface area contributed by atoms with Gasteiger partial charge in [0.1, 0.15) is 0 Å². The summed E-state index contributed by atoms with van der Waals surface area (Å²) in [5.41, 5.74) is 0.658. The standard InChI is InChI=1S/C12H15NO4S/c1-2-17-12(14)8-4-6-10-5-3-7-11(9-10)18(13,15)16/h3-7,9H,2,8H2,1H3,(H2,13,15,16). The highest BCUT2D eigenvalue weighted by Gasteiger charge is 2.06. The Morgan fingerprint density at radius 2 is 2.17 bits per heavy atom. The predicted octanol–water partition coefficient (Wildman–Crippen LogP) is 1.30. The first-order valence-electron chi connectivity index (χ1n) is 5.38. The van der Waals surface area contributed by atoms with Crippen molar-refractivity contribution >= 4 is 22.1 Å². The van der Waals surface area contributed by atoms with Crippen molar-refractivity contribution in [3.05, 3.63) is 35.9 Å². The largest absolute Gasteiger partial charge is 0.466 e. The number of carbonyl (C=O) groups is 1. The summed E-state index contributed by atoms with van der Waals surface area (Å²) in [5.74, 6) is -0.323. The van der Waals surface area contributed by atoms with Crippen molar-refractivity contribution in [3.63, 3.8) is 0 Å². The fourth-order valence-electron chi connectivity index (χ4n) is 1.31. The quantitative estimate of drug-likeness (QED) is 0.816. The maximum atomic E-state index is 11.1. The molecule has 1 aromatic carbocycles. The molecule has 0 atom stereocenters. The van der Waals surface area contributed by atoms with Crippen molar-refractivity contribution in [3.8, 4) is 0 Å². The van der Waals surface area contributed by atoms with E-state index in [1.807, 2.05) is 0 Å². The van der Waals surface area contributed by atoms with Crippen molar-refractivity contribution in [1.82, 2.24) is 0 Å². The number of primary sulfonamides is 1. The molecule has 0 heterocycles. The van der Waals surface area contributed by atoms with Gasteiger partial charge in [-0.3, -0.25) is 4.79 Å². The van der Waals surface area contributed by atoms with Crippen LogP contribution in [0.4, 0.5) is 0 Å². The van der Waals surface area contributed by atoms with Gasteiger partial charge in [-0.15, -0.1) is 0 Å². The molecule has 0 unspecified atom stereocenters. The second kappa shape index (κ2) is 6.32. The minimum absolute atomic E-state index is 0.0424. The van der Waals surface area contributed by atoms with E-state index in [4.69, 9.17) is 9.88 Å². The van der Waals surface area contributed by atoms with E-state index in [9.17, 15) is 13.2 Å². The van der Waals surface area contributed by atoms with E-state index in [1.165, 1.54) is 12.1 Å². The van der Waals surface area contributed by atoms with Gasteiger partial charge >= 0.3 is 5.97 Å². The Labute approximate surface area is 106 Å². The van der Waals surface area contributed by atoms with Gasteiger partial charge < -0.3 is 4.74 Å². The second-order valence-electron chi connectivity index (χ2n) is 3.53. The van der Waals surface area contributed by atoms with E-state index in [0.717, 1.165) is 0 Å². The van der Waals surface area contributed by atoms with Crippen LogP contribution in [0.5, 0.6) is 0 Å². The van der Waals surface area contributed by atoms with Crippen molar-refractivity contribution < 1.29 is 17.9 Å². The van der Waals surface area contributed by atoms with Gasteiger partial charge in [0, 0.05) is 0 Å². The van der Waals surface area contributed by atoms with Crippen LogP contribution in [0.2, 0.25) is 0 Å². The number of hydrogen-bond acceptors (Lipinski definition) is 4. The van der Waals surface area contributed by atoms with Gasteiger partial charge in [-0.25, -0.2) is 13.6 Å². The van der Waals surface area contributed by atoms with Gasteiger partial charge in [-0.05, 0) is 24.6 Å². The van der Waals surface area contributed by atoms with Crippen LogP contribution >= 0.6 is 0 Å². The fraction of sp³-hybridized carbons (Fsp3) is 0.250. The number of carbonyl (C=O) groups excluding carboxylic acids is 1. The smallest absolute Gasteiger partial charge is 0.309 e. The summed E-state index contributed by atoms with van der Waals surface area (Å²) >= 11 is 0. The molecule has 5 nitrogen and oxygen atoms in total. The number of benzene rings is 1. The third kappa shape index (κ3) is 4.68. The molecule has 0 amide bonds. The molecular weight excluding hydrogens is 254 g/mol. The summed E-state index contributed by atoms with van der Waals surface area (Å²) in [4.78, 5) is 11.1. The molecular formula is C12H15NO4S. The molecule has 6 heteroatoms. The van der Waals surface area contributed by atoms with Gasteiger partial charge in [0.05, 0.1) is 17.9 Å². The molecule has 0 saturated carbocycles. The molecule has 0 saturated heterocycles. The molecule has 2 N–H and O–H groups in total. The first-order valence-corrected chi connectivity index (χ1v) is 6.93. The lowest BCUT2D eigenvalue weighted by Gasteiger charge is -2.00. The summed E-state index contributed by atoms with van der Waals surface area (Å²) in [6, 6.07) is 6.16. The average molecular weight is 269 g/mol. The van der Waals surface area contributed by atoms with Crippen molar-refractivity contribution in [2.45, 2.75) is 18.2 Å². The molecule has 1 rings (SSSR count).